The number of benzene rings is 2. The molecule has 0 aliphatic carbocycles. The van der Waals surface area contributed by atoms with Gasteiger partial charge in [-0.15, -0.1) is 10.2 Å². The van der Waals surface area contributed by atoms with Crippen molar-refractivity contribution in [3.8, 4) is 11.4 Å². The highest BCUT2D eigenvalue weighted by molar-refractivity contribution is 5.61. The first kappa shape index (κ1) is 18.0. The average molecular weight is 366 g/mol. The van der Waals surface area contributed by atoms with Crippen LogP contribution in [0.1, 0.15) is 16.7 Å². The van der Waals surface area contributed by atoms with Crippen LogP contribution in [-0.2, 0) is 19.1 Å². The van der Waals surface area contributed by atoms with Crippen molar-refractivity contribution < 1.29 is 22.7 Å². The molecular formula is C17H14F4N4O. The first-order chi connectivity index (χ1) is 12.4. The molecule has 1 aromatic heterocycles. The van der Waals surface area contributed by atoms with E-state index in [0.29, 0.717) is 11.1 Å². The predicted molar refractivity (Wildman–Crippen MR) is 84.5 cm³/mol. The molecular weight excluding hydrogens is 352 g/mol. The van der Waals surface area contributed by atoms with Crippen LogP contribution in [0.4, 0.5) is 17.6 Å². The summed E-state index contributed by atoms with van der Waals surface area (Å²) in [5.74, 6) is -0.503. The van der Waals surface area contributed by atoms with Crippen LogP contribution in [0.3, 0.4) is 0 Å². The Morgan fingerprint density at radius 2 is 1.77 bits per heavy atom. The molecule has 3 aromatic rings. The number of halogens is 4. The number of tetrazole rings is 1. The van der Waals surface area contributed by atoms with E-state index in [0.717, 1.165) is 16.9 Å². The average Bonchev–Trinajstić information content (AvgIpc) is 3.03. The van der Waals surface area contributed by atoms with Crippen molar-refractivity contribution >= 4 is 0 Å². The molecule has 9 heteroatoms. The minimum absolute atomic E-state index is 0.0541. The summed E-state index contributed by atoms with van der Waals surface area (Å²) >= 11 is 0. The highest BCUT2D eigenvalue weighted by atomic mass is 19.4. The Labute approximate surface area is 145 Å². The summed E-state index contributed by atoms with van der Waals surface area (Å²) in [6, 6.07) is 9.10. The van der Waals surface area contributed by atoms with E-state index in [1.807, 2.05) is 0 Å². The standard InChI is InChI=1S/C17H14F4N4O/c18-14-3-1-2-12(15(14)16-22-24-25(23-16)8-9-26)10-11-4-6-13(7-5-11)17(19,20)21/h1-7,26H,8-10H2. The minimum Gasteiger partial charge on any atom is -0.394 e. The first-order valence-corrected chi connectivity index (χ1v) is 7.71. The molecule has 136 valence electrons. The summed E-state index contributed by atoms with van der Waals surface area (Å²) in [4.78, 5) is 1.14. The second kappa shape index (κ2) is 7.20. The third kappa shape index (κ3) is 3.88. The van der Waals surface area contributed by atoms with Crippen LogP contribution in [0.2, 0.25) is 0 Å². The van der Waals surface area contributed by atoms with Crippen LogP contribution >= 0.6 is 0 Å². The third-order valence-corrected chi connectivity index (χ3v) is 3.75. The van der Waals surface area contributed by atoms with Gasteiger partial charge in [-0.1, -0.05) is 24.3 Å². The zero-order valence-corrected chi connectivity index (χ0v) is 13.4. The lowest BCUT2D eigenvalue weighted by molar-refractivity contribution is -0.137. The van der Waals surface area contributed by atoms with Crippen molar-refractivity contribution in [1.29, 1.82) is 0 Å². The van der Waals surface area contributed by atoms with E-state index in [-0.39, 0.29) is 31.0 Å². The lowest BCUT2D eigenvalue weighted by Gasteiger charge is -2.10. The quantitative estimate of drug-likeness (QED) is 0.705. The molecule has 0 bridgehead atoms. The second-order valence-electron chi connectivity index (χ2n) is 5.58. The SMILES string of the molecule is OCCn1nnc(-c2c(F)cccc2Cc2ccc(C(F)(F)F)cc2)n1. The molecule has 26 heavy (non-hydrogen) atoms. The van der Waals surface area contributed by atoms with Gasteiger partial charge in [-0.05, 0) is 41.0 Å². The maximum atomic E-state index is 14.3. The zero-order chi connectivity index (χ0) is 18.7. The summed E-state index contributed by atoms with van der Waals surface area (Å²) in [7, 11) is 0. The predicted octanol–water partition coefficient (Wildman–Crippen LogP) is 3.08. The van der Waals surface area contributed by atoms with Crippen molar-refractivity contribution in [2.45, 2.75) is 19.1 Å². The lowest BCUT2D eigenvalue weighted by atomic mass is 9.98. The van der Waals surface area contributed by atoms with Crippen LogP contribution in [0.5, 0.6) is 0 Å². The van der Waals surface area contributed by atoms with Gasteiger partial charge in [0, 0.05) is 0 Å². The van der Waals surface area contributed by atoms with Gasteiger partial charge in [0.05, 0.1) is 24.3 Å². The Kier molecular flexibility index (Phi) is 4.99. The fourth-order valence-electron chi connectivity index (χ4n) is 2.53. The third-order valence-electron chi connectivity index (χ3n) is 3.75. The Hall–Kier alpha value is -2.81. The summed E-state index contributed by atoms with van der Waals surface area (Å²) in [5.41, 5.74) is 0.506. The molecule has 0 amide bonds. The molecule has 0 saturated carbocycles. The van der Waals surface area contributed by atoms with E-state index in [1.54, 1.807) is 6.07 Å². The molecule has 1 heterocycles. The van der Waals surface area contributed by atoms with Crippen LogP contribution < -0.4 is 0 Å². The number of alkyl halides is 3. The van der Waals surface area contributed by atoms with Crippen LogP contribution in [0, 0.1) is 5.82 Å². The van der Waals surface area contributed by atoms with Gasteiger partial charge in [0.1, 0.15) is 5.82 Å². The van der Waals surface area contributed by atoms with Crippen molar-refractivity contribution in [2.24, 2.45) is 0 Å². The second-order valence-corrected chi connectivity index (χ2v) is 5.58. The Bertz CT molecular complexity index is 891. The molecule has 0 unspecified atom stereocenters. The molecule has 2 aromatic carbocycles. The van der Waals surface area contributed by atoms with Crippen LogP contribution in [-0.4, -0.2) is 31.9 Å². The minimum atomic E-state index is -4.41. The lowest BCUT2D eigenvalue weighted by Crippen LogP contribution is -2.06. The maximum absolute atomic E-state index is 14.3. The largest absolute Gasteiger partial charge is 0.416 e. The summed E-state index contributed by atoms with van der Waals surface area (Å²) < 4.78 is 52.3. The Morgan fingerprint density at radius 3 is 2.42 bits per heavy atom. The van der Waals surface area contributed by atoms with Gasteiger partial charge in [0.2, 0.25) is 5.82 Å². The van der Waals surface area contributed by atoms with E-state index in [4.69, 9.17) is 5.11 Å². The fourth-order valence-corrected chi connectivity index (χ4v) is 2.53. The topological polar surface area (TPSA) is 63.8 Å². The van der Waals surface area contributed by atoms with E-state index >= 15 is 0 Å². The van der Waals surface area contributed by atoms with Gasteiger partial charge >= 0.3 is 6.18 Å². The molecule has 0 fully saturated rings. The molecule has 0 aliphatic rings. The molecule has 3 rings (SSSR count). The van der Waals surface area contributed by atoms with Gasteiger partial charge in [0.15, 0.2) is 0 Å². The molecule has 0 atom stereocenters. The smallest absolute Gasteiger partial charge is 0.394 e. The molecule has 5 nitrogen and oxygen atoms in total. The Morgan fingerprint density at radius 1 is 1.04 bits per heavy atom. The van der Waals surface area contributed by atoms with Gasteiger partial charge in [0.25, 0.3) is 0 Å². The number of aliphatic hydroxyl groups excluding tert-OH is 1. The summed E-state index contributed by atoms with van der Waals surface area (Å²) in [6.07, 6.45) is -4.20. The highest BCUT2D eigenvalue weighted by Gasteiger charge is 2.30. The van der Waals surface area contributed by atoms with E-state index in [1.165, 1.54) is 24.3 Å². The van der Waals surface area contributed by atoms with Gasteiger partial charge in [-0.25, -0.2) is 4.39 Å². The summed E-state index contributed by atoms with van der Waals surface area (Å²) in [6.45, 7) is -0.0683. The summed E-state index contributed by atoms with van der Waals surface area (Å²) in [5, 5.41) is 20.5. The van der Waals surface area contributed by atoms with E-state index in [2.05, 4.69) is 15.4 Å². The normalized spacial score (nSPS) is 11.7. The van der Waals surface area contributed by atoms with E-state index in [9.17, 15) is 17.6 Å². The number of hydrogen-bond acceptors (Lipinski definition) is 4. The van der Waals surface area contributed by atoms with Gasteiger partial charge in [-0.3, -0.25) is 0 Å². The van der Waals surface area contributed by atoms with Crippen molar-refractivity contribution in [2.75, 3.05) is 6.61 Å². The van der Waals surface area contributed by atoms with Crippen molar-refractivity contribution in [3.05, 3.63) is 65.0 Å². The number of aliphatic hydroxyl groups is 1. The number of nitrogens with zero attached hydrogens (tertiary/aromatic N) is 4. The molecule has 0 saturated heterocycles. The number of rotatable bonds is 5. The fraction of sp³-hybridized carbons (Fsp3) is 0.235. The highest BCUT2D eigenvalue weighted by Crippen LogP contribution is 2.30. The first-order valence-electron chi connectivity index (χ1n) is 7.71. The maximum Gasteiger partial charge on any atom is 0.416 e. The number of aromatic nitrogens is 4. The number of hydrogen-bond donors (Lipinski definition) is 1. The molecule has 0 spiro atoms. The Balaban J connectivity index is 1.92. The van der Waals surface area contributed by atoms with E-state index < -0.39 is 17.6 Å². The van der Waals surface area contributed by atoms with Crippen molar-refractivity contribution in [1.82, 2.24) is 20.2 Å². The van der Waals surface area contributed by atoms with Gasteiger partial charge in [-0.2, -0.15) is 18.0 Å². The zero-order valence-electron chi connectivity index (χ0n) is 13.4. The van der Waals surface area contributed by atoms with Crippen molar-refractivity contribution in [3.63, 3.8) is 0 Å². The van der Waals surface area contributed by atoms with Crippen LogP contribution in [0.25, 0.3) is 11.4 Å². The molecule has 0 radical (unpaired) electrons. The monoisotopic (exact) mass is 366 g/mol. The van der Waals surface area contributed by atoms with Crippen LogP contribution in [0.15, 0.2) is 42.5 Å². The molecule has 1 N–H and O–H groups in total. The van der Waals surface area contributed by atoms with Gasteiger partial charge < -0.3 is 5.11 Å². The molecule has 0 aliphatic heterocycles.